The molecule has 0 aromatic carbocycles. The molecule has 6 heteroatoms. The van der Waals surface area contributed by atoms with Crippen LogP contribution in [-0.4, -0.2) is 30.9 Å². The Bertz CT molecular complexity index is 407. The minimum absolute atomic E-state index is 0.153. The molecule has 0 saturated heterocycles. The molecule has 0 aliphatic rings. The lowest BCUT2D eigenvalue weighted by atomic mass is 10.4. The van der Waals surface area contributed by atoms with Crippen molar-refractivity contribution in [2.45, 2.75) is 13.5 Å². The third-order valence-electron chi connectivity index (χ3n) is 2.04. The van der Waals surface area contributed by atoms with Crippen LogP contribution < -0.4 is 11.5 Å². The molecular formula is C10H17N5O. The molecule has 0 bridgehead atoms. The van der Waals surface area contributed by atoms with Crippen LogP contribution in [0.25, 0.3) is 0 Å². The quantitative estimate of drug-likeness (QED) is 0.556. The summed E-state index contributed by atoms with van der Waals surface area (Å²) in [5.74, 6) is 2.15. The third-order valence-corrected chi connectivity index (χ3v) is 2.04. The molecule has 0 atom stereocenters. The van der Waals surface area contributed by atoms with Crippen molar-refractivity contribution >= 4 is 11.9 Å². The van der Waals surface area contributed by atoms with Gasteiger partial charge < -0.3 is 20.8 Å². The van der Waals surface area contributed by atoms with E-state index in [4.69, 9.17) is 15.9 Å². The van der Waals surface area contributed by atoms with Crippen molar-refractivity contribution in [2.75, 3.05) is 14.1 Å². The standard InChI is InChI=1S/C10H17N5O/c1-7-4-5-8(16-7)6-15(3)10(12)14-9(11)13-2/h4-5H,6H2,1-3H3,(H4,11,12,13,14). The van der Waals surface area contributed by atoms with E-state index in [1.54, 1.807) is 19.0 Å². The highest BCUT2D eigenvalue weighted by molar-refractivity contribution is 5.93. The number of hydrogen-bond donors (Lipinski definition) is 2. The molecule has 6 nitrogen and oxygen atoms in total. The normalized spacial score (nSPS) is 12.9. The van der Waals surface area contributed by atoms with E-state index in [1.165, 1.54) is 0 Å². The highest BCUT2D eigenvalue weighted by atomic mass is 16.3. The molecule has 0 amide bonds. The molecule has 0 unspecified atom stereocenters. The lowest BCUT2D eigenvalue weighted by molar-refractivity contribution is 0.398. The van der Waals surface area contributed by atoms with Gasteiger partial charge in [0.2, 0.25) is 5.96 Å². The predicted octanol–water partition coefficient (Wildman–Crippen LogP) is 0.279. The highest BCUT2D eigenvalue weighted by Gasteiger charge is 2.06. The number of aliphatic imine (C=N–C) groups is 2. The zero-order chi connectivity index (χ0) is 12.1. The van der Waals surface area contributed by atoms with Gasteiger partial charge in [-0.2, -0.15) is 4.99 Å². The van der Waals surface area contributed by atoms with Gasteiger partial charge in [0.1, 0.15) is 11.5 Å². The Morgan fingerprint density at radius 2 is 2.12 bits per heavy atom. The van der Waals surface area contributed by atoms with Crippen molar-refractivity contribution in [3.63, 3.8) is 0 Å². The molecule has 1 heterocycles. The Morgan fingerprint density at radius 3 is 2.62 bits per heavy atom. The Hall–Kier alpha value is -1.98. The fourth-order valence-corrected chi connectivity index (χ4v) is 1.14. The first-order valence-electron chi connectivity index (χ1n) is 4.85. The summed E-state index contributed by atoms with van der Waals surface area (Å²) in [7, 11) is 3.36. The van der Waals surface area contributed by atoms with E-state index in [9.17, 15) is 0 Å². The average molecular weight is 223 g/mol. The summed E-state index contributed by atoms with van der Waals surface area (Å²) in [5, 5.41) is 0. The summed E-state index contributed by atoms with van der Waals surface area (Å²) < 4.78 is 5.42. The number of rotatable bonds is 2. The van der Waals surface area contributed by atoms with Crippen molar-refractivity contribution in [3.8, 4) is 0 Å². The summed E-state index contributed by atoms with van der Waals surface area (Å²) >= 11 is 0. The van der Waals surface area contributed by atoms with Crippen LogP contribution in [-0.2, 0) is 6.54 Å². The highest BCUT2D eigenvalue weighted by Crippen LogP contribution is 2.08. The third kappa shape index (κ3) is 3.30. The van der Waals surface area contributed by atoms with Crippen LogP contribution in [0.2, 0.25) is 0 Å². The van der Waals surface area contributed by atoms with E-state index in [0.717, 1.165) is 11.5 Å². The molecule has 0 aliphatic heterocycles. The maximum Gasteiger partial charge on any atom is 0.218 e. The summed E-state index contributed by atoms with van der Waals surface area (Å²) in [6, 6.07) is 3.80. The first kappa shape index (κ1) is 12.1. The van der Waals surface area contributed by atoms with Crippen molar-refractivity contribution in [2.24, 2.45) is 21.5 Å². The summed E-state index contributed by atoms with van der Waals surface area (Å²) in [6.45, 7) is 2.43. The van der Waals surface area contributed by atoms with Gasteiger partial charge in [-0.1, -0.05) is 0 Å². The fraction of sp³-hybridized carbons (Fsp3) is 0.400. The van der Waals surface area contributed by atoms with E-state index in [0.29, 0.717) is 12.5 Å². The molecule has 16 heavy (non-hydrogen) atoms. The number of nitrogens with two attached hydrogens (primary N) is 2. The second-order valence-electron chi connectivity index (χ2n) is 3.42. The van der Waals surface area contributed by atoms with E-state index in [2.05, 4.69) is 9.98 Å². The molecule has 1 aromatic heterocycles. The van der Waals surface area contributed by atoms with Crippen molar-refractivity contribution in [3.05, 3.63) is 23.7 Å². The van der Waals surface area contributed by atoms with E-state index in [1.807, 2.05) is 19.1 Å². The number of hydrogen-bond acceptors (Lipinski definition) is 2. The molecular weight excluding hydrogens is 206 g/mol. The van der Waals surface area contributed by atoms with Gasteiger partial charge in [0.15, 0.2) is 5.96 Å². The van der Waals surface area contributed by atoms with Crippen LogP contribution in [0.1, 0.15) is 11.5 Å². The van der Waals surface area contributed by atoms with Crippen molar-refractivity contribution < 1.29 is 4.42 Å². The van der Waals surface area contributed by atoms with Gasteiger partial charge in [0.25, 0.3) is 0 Å². The molecule has 1 aromatic rings. The van der Waals surface area contributed by atoms with Crippen LogP contribution in [0.4, 0.5) is 0 Å². The Balaban J connectivity index is 2.65. The first-order valence-corrected chi connectivity index (χ1v) is 4.85. The zero-order valence-electron chi connectivity index (χ0n) is 9.77. The minimum atomic E-state index is 0.153. The van der Waals surface area contributed by atoms with Crippen LogP contribution in [0.15, 0.2) is 26.5 Å². The lowest BCUT2D eigenvalue weighted by Crippen LogP contribution is -2.35. The fourth-order valence-electron chi connectivity index (χ4n) is 1.14. The van der Waals surface area contributed by atoms with Gasteiger partial charge in [-0.3, -0.25) is 4.99 Å². The zero-order valence-corrected chi connectivity index (χ0v) is 9.77. The van der Waals surface area contributed by atoms with E-state index >= 15 is 0 Å². The van der Waals surface area contributed by atoms with Gasteiger partial charge in [-0.05, 0) is 19.1 Å². The number of nitrogens with zero attached hydrogens (tertiary/aromatic N) is 3. The van der Waals surface area contributed by atoms with Gasteiger partial charge >= 0.3 is 0 Å². The molecule has 0 saturated carbocycles. The molecule has 0 aliphatic carbocycles. The molecule has 0 fully saturated rings. The Kier molecular flexibility index (Phi) is 3.93. The van der Waals surface area contributed by atoms with E-state index in [-0.39, 0.29) is 5.96 Å². The second-order valence-corrected chi connectivity index (χ2v) is 3.42. The topological polar surface area (TPSA) is 93.1 Å². The number of furan rings is 1. The Morgan fingerprint density at radius 1 is 1.44 bits per heavy atom. The maximum absolute atomic E-state index is 5.72. The molecule has 0 radical (unpaired) electrons. The summed E-state index contributed by atoms with van der Waals surface area (Å²) in [4.78, 5) is 9.34. The molecule has 0 spiro atoms. The van der Waals surface area contributed by atoms with Gasteiger partial charge in [0.05, 0.1) is 6.54 Å². The van der Waals surface area contributed by atoms with E-state index < -0.39 is 0 Å². The minimum Gasteiger partial charge on any atom is -0.464 e. The summed E-state index contributed by atoms with van der Waals surface area (Å²) in [6.07, 6.45) is 0. The monoisotopic (exact) mass is 223 g/mol. The predicted molar refractivity (Wildman–Crippen MR) is 64.1 cm³/mol. The van der Waals surface area contributed by atoms with Crippen LogP contribution >= 0.6 is 0 Å². The lowest BCUT2D eigenvalue weighted by Gasteiger charge is -2.15. The number of aryl methyl sites for hydroxylation is 1. The van der Waals surface area contributed by atoms with Crippen LogP contribution in [0, 0.1) is 6.92 Å². The largest absolute Gasteiger partial charge is 0.464 e. The van der Waals surface area contributed by atoms with Crippen LogP contribution in [0.3, 0.4) is 0 Å². The second kappa shape index (κ2) is 5.20. The average Bonchev–Trinajstić information content (AvgIpc) is 2.63. The smallest absolute Gasteiger partial charge is 0.218 e. The van der Waals surface area contributed by atoms with Crippen molar-refractivity contribution in [1.82, 2.24) is 4.90 Å². The molecule has 1 rings (SSSR count). The van der Waals surface area contributed by atoms with Crippen molar-refractivity contribution in [1.29, 1.82) is 0 Å². The van der Waals surface area contributed by atoms with Gasteiger partial charge in [-0.25, -0.2) is 0 Å². The summed E-state index contributed by atoms with van der Waals surface area (Å²) in [5.41, 5.74) is 11.2. The maximum atomic E-state index is 5.72. The van der Waals surface area contributed by atoms with Gasteiger partial charge in [0, 0.05) is 14.1 Å². The Labute approximate surface area is 94.6 Å². The molecule has 88 valence electrons. The SMILES string of the molecule is CN=C(N)/N=C(\N)N(C)Cc1ccc(C)o1. The van der Waals surface area contributed by atoms with Crippen LogP contribution in [0.5, 0.6) is 0 Å². The van der Waals surface area contributed by atoms with Gasteiger partial charge in [-0.15, -0.1) is 0 Å². The number of guanidine groups is 2. The molecule has 4 N–H and O–H groups in total. The first-order chi connectivity index (χ1) is 7.52.